The van der Waals surface area contributed by atoms with Crippen molar-refractivity contribution in [3.05, 3.63) is 58.7 Å². The standard InChI is InChI=1S/C28H36O5/c1-6-11-22(30)20-16-17-25(27(24(32)13-8-3)26(20)23(31)12-7-2)33-28(4,5)18-19-14-9-10-15-21(19)29/h9-10,14-17,29H,6-8,11-13,18H2,1-5H3. The summed E-state index contributed by atoms with van der Waals surface area (Å²) in [5.74, 6) is -0.0588. The molecule has 2 aromatic carbocycles. The second-order valence-corrected chi connectivity index (χ2v) is 9.05. The molecule has 0 spiro atoms. The first-order valence-corrected chi connectivity index (χ1v) is 11.9. The van der Waals surface area contributed by atoms with Gasteiger partial charge in [0.15, 0.2) is 17.3 Å². The van der Waals surface area contributed by atoms with E-state index in [-0.39, 0.29) is 47.1 Å². The Morgan fingerprint density at radius 1 is 0.788 bits per heavy atom. The highest BCUT2D eigenvalue weighted by Crippen LogP contribution is 2.34. The predicted octanol–water partition coefficient (Wildman–Crippen LogP) is 6.74. The maximum atomic E-state index is 13.2. The molecule has 0 amide bonds. The summed E-state index contributed by atoms with van der Waals surface area (Å²) in [6, 6.07) is 10.3. The van der Waals surface area contributed by atoms with E-state index in [1.54, 1.807) is 24.3 Å². The van der Waals surface area contributed by atoms with Crippen LogP contribution in [0, 0.1) is 0 Å². The van der Waals surface area contributed by atoms with E-state index >= 15 is 0 Å². The molecule has 0 atom stereocenters. The van der Waals surface area contributed by atoms with Crippen LogP contribution in [0.3, 0.4) is 0 Å². The summed E-state index contributed by atoms with van der Waals surface area (Å²) in [5.41, 5.74) is 0.661. The largest absolute Gasteiger partial charge is 0.508 e. The molecule has 0 bridgehead atoms. The topological polar surface area (TPSA) is 80.7 Å². The molecule has 0 unspecified atom stereocenters. The van der Waals surface area contributed by atoms with Crippen molar-refractivity contribution in [1.29, 1.82) is 0 Å². The number of rotatable bonds is 13. The van der Waals surface area contributed by atoms with E-state index in [0.717, 1.165) is 5.56 Å². The molecule has 0 aliphatic heterocycles. The lowest BCUT2D eigenvalue weighted by Crippen LogP contribution is -2.32. The molecule has 0 fully saturated rings. The van der Waals surface area contributed by atoms with Gasteiger partial charge in [-0.05, 0) is 56.9 Å². The van der Waals surface area contributed by atoms with Gasteiger partial charge in [0.1, 0.15) is 17.1 Å². The van der Waals surface area contributed by atoms with Gasteiger partial charge in [0.05, 0.1) is 5.56 Å². The summed E-state index contributed by atoms with van der Waals surface area (Å²) in [5, 5.41) is 10.2. The Kier molecular flexibility index (Phi) is 9.39. The van der Waals surface area contributed by atoms with Crippen LogP contribution in [0.1, 0.15) is 110 Å². The molecule has 33 heavy (non-hydrogen) atoms. The number of ketones is 3. The smallest absolute Gasteiger partial charge is 0.167 e. The third-order valence-electron chi connectivity index (χ3n) is 5.45. The zero-order valence-corrected chi connectivity index (χ0v) is 20.5. The summed E-state index contributed by atoms with van der Waals surface area (Å²) in [6.07, 6.45) is 3.12. The Balaban J connectivity index is 2.62. The summed E-state index contributed by atoms with van der Waals surface area (Å²) < 4.78 is 6.33. The van der Waals surface area contributed by atoms with Gasteiger partial charge in [-0.1, -0.05) is 39.0 Å². The Bertz CT molecular complexity index is 1000. The number of phenols is 1. The van der Waals surface area contributed by atoms with Gasteiger partial charge in [0.2, 0.25) is 0 Å². The molecule has 2 aromatic rings. The number of hydrogen-bond donors (Lipinski definition) is 1. The predicted molar refractivity (Wildman–Crippen MR) is 131 cm³/mol. The van der Waals surface area contributed by atoms with Crippen LogP contribution < -0.4 is 4.74 Å². The molecule has 5 nitrogen and oxygen atoms in total. The van der Waals surface area contributed by atoms with E-state index < -0.39 is 5.60 Å². The first-order chi connectivity index (χ1) is 15.6. The van der Waals surface area contributed by atoms with Crippen LogP contribution >= 0.6 is 0 Å². The average Bonchev–Trinajstić information content (AvgIpc) is 2.75. The van der Waals surface area contributed by atoms with Crippen LogP contribution in [-0.2, 0) is 6.42 Å². The van der Waals surface area contributed by atoms with Gasteiger partial charge in [0, 0.05) is 36.8 Å². The number of carbonyl (C=O) groups excluding carboxylic acids is 3. The molecular formula is C28H36O5. The van der Waals surface area contributed by atoms with Crippen molar-refractivity contribution in [2.75, 3.05) is 0 Å². The number of benzene rings is 2. The number of Topliss-reactive ketones (excluding diaryl/α,β-unsaturated/α-hetero) is 3. The molecule has 0 radical (unpaired) electrons. The highest BCUT2D eigenvalue weighted by molar-refractivity contribution is 6.16. The Hall–Kier alpha value is -2.95. The van der Waals surface area contributed by atoms with Crippen molar-refractivity contribution in [3.63, 3.8) is 0 Å². The fourth-order valence-electron chi connectivity index (χ4n) is 3.99. The third kappa shape index (κ3) is 6.77. The van der Waals surface area contributed by atoms with Gasteiger partial charge in [-0.25, -0.2) is 0 Å². The highest BCUT2D eigenvalue weighted by atomic mass is 16.5. The van der Waals surface area contributed by atoms with Gasteiger partial charge in [-0.2, -0.15) is 0 Å². The zero-order chi connectivity index (χ0) is 24.6. The lowest BCUT2D eigenvalue weighted by atomic mass is 9.88. The quantitative estimate of drug-likeness (QED) is 0.340. The SMILES string of the molecule is CCCC(=O)c1ccc(OC(C)(C)Cc2ccccc2O)c(C(=O)CCC)c1C(=O)CCC. The van der Waals surface area contributed by atoms with Gasteiger partial charge < -0.3 is 9.84 Å². The minimum absolute atomic E-state index is 0.137. The molecule has 0 heterocycles. The summed E-state index contributed by atoms with van der Waals surface area (Å²) >= 11 is 0. The fraction of sp³-hybridized carbons (Fsp3) is 0.464. The minimum Gasteiger partial charge on any atom is -0.508 e. The number of carbonyl (C=O) groups is 3. The monoisotopic (exact) mass is 452 g/mol. The van der Waals surface area contributed by atoms with E-state index in [1.165, 1.54) is 0 Å². The van der Waals surface area contributed by atoms with E-state index in [9.17, 15) is 19.5 Å². The van der Waals surface area contributed by atoms with Crippen LogP contribution in [0.4, 0.5) is 0 Å². The second kappa shape index (κ2) is 11.8. The van der Waals surface area contributed by atoms with E-state index in [4.69, 9.17) is 4.74 Å². The van der Waals surface area contributed by atoms with Crippen molar-refractivity contribution >= 4 is 17.3 Å². The summed E-state index contributed by atoms with van der Waals surface area (Å²) in [7, 11) is 0. The Labute approximate surface area is 197 Å². The number of phenolic OH excluding ortho intramolecular Hbond substituents is 1. The maximum Gasteiger partial charge on any atom is 0.167 e. The molecule has 178 valence electrons. The Morgan fingerprint density at radius 2 is 1.33 bits per heavy atom. The van der Waals surface area contributed by atoms with Gasteiger partial charge in [-0.3, -0.25) is 14.4 Å². The van der Waals surface area contributed by atoms with E-state index in [1.807, 2.05) is 46.8 Å². The second-order valence-electron chi connectivity index (χ2n) is 9.05. The number of hydrogen-bond acceptors (Lipinski definition) is 5. The number of ether oxygens (including phenoxy) is 1. The van der Waals surface area contributed by atoms with Crippen LogP contribution in [0.15, 0.2) is 36.4 Å². The number of para-hydroxylation sites is 1. The van der Waals surface area contributed by atoms with Crippen molar-refractivity contribution in [3.8, 4) is 11.5 Å². The molecule has 0 saturated heterocycles. The molecule has 1 N–H and O–H groups in total. The third-order valence-corrected chi connectivity index (χ3v) is 5.45. The van der Waals surface area contributed by atoms with E-state index in [0.29, 0.717) is 43.4 Å². The summed E-state index contributed by atoms with van der Waals surface area (Å²) in [6.45, 7) is 9.46. The molecule has 2 rings (SSSR count). The van der Waals surface area contributed by atoms with Crippen LogP contribution in [0.2, 0.25) is 0 Å². The van der Waals surface area contributed by atoms with Crippen LogP contribution in [0.25, 0.3) is 0 Å². The maximum absolute atomic E-state index is 13.2. The first-order valence-electron chi connectivity index (χ1n) is 11.9. The minimum atomic E-state index is -0.778. The fourth-order valence-corrected chi connectivity index (χ4v) is 3.99. The van der Waals surface area contributed by atoms with Gasteiger partial charge >= 0.3 is 0 Å². The molecule has 0 aromatic heterocycles. The molecular weight excluding hydrogens is 416 g/mol. The molecule has 5 heteroatoms. The average molecular weight is 453 g/mol. The Morgan fingerprint density at radius 3 is 1.91 bits per heavy atom. The highest BCUT2D eigenvalue weighted by Gasteiger charge is 2.30. The molecule has 0 saturated carbocycles. The normalized spacial score (nSPS) is 11.3. The molecule has 0 aliphatic carbocycles. The van der Waals surface area contributed by atoms with Crippen LogP contribution in [0.5, 0.6) is 11.5 Å². The number of aromatic hydroxyl groups is 1. The van der Waals surface area contributed by atoms with Crippen molar-refractivity contribution in [2.24, 2.45) is 0 Å². The lowest BCUT2D eigenvalue weighted by molar-refractivity contribution is 0.0902. The van der Waals surface area contributed by atoms with E-state index in [2.05, 4.69) is 0 Å². The lowest BCUT2D eigenvalue weighted by Gasteiger charge is -2.29. The van der Waals surface area contributed by atoms with Gasteiger partial charge in [-0.15, -0.1) is 0 Å². The van der Waals surface area contributed by atoms with Crippen molar-refractivity contribution < 1.29 is 24.2 Å². The summed E-state index contributed by atoms with van der Waals surface area (Å²) in [4.78, 5) is 39.3. The van der Waals surface area contributed by atoms with Crippen molar-refractivity contribution in [2.45, 2.75) is 85.2 Å². The van der Waals surface area contributed by atoms with Crippen molar-refractivity contribution in [1.82, 2.24) is 0 Å². The zero-order valence-electron chi connectivity index (χ0n) is 20.5. The van der Waals surface area contributed by atoms with Crippen LogP contribution in [-0.4, -0.2) is 28.1 Å². The first kappa shape index (κ1) is 26.3. The molecule has 0 aliphatic rings. The van der Waals surface area contributed by atoms with Gasteiger partial charge in [0.25, 0.3) is 0 Å².